The van der Waals surface area contributed by atoms with Crippen LogP contribution in [0, 0.1) is 0 Å². The van der Waals surface area contributed by atoms with Crippen LogP contribution in [0.3, 0.4) is 0 Å². The first-order chi connectivity index (χ1) is 11.3. The zero-order valence-corrected chi connectivity index (χ0v) is 13.1. The fraction of sp³-hybridized carbons (Fsp3) is 0.250. The summed E-state index contributed by atoms with van der Waals surface area (Å²) in [5.74, 6) is -0.118. The van der Waals surface area contributed by atoms with Gasteiger partial charge in [0.15, 0.2) is 5.58 Å². The molecular formula is C16H15N3O3S. The standard InChI is InChI=1S/C16H15N3O3S/c20-15(14-2-1-9-23-14)17-11-3-4-12-13(10-11)22-16(18-12)19-5-7-21-8-6-19/h1-4,9-10H,5-8H2,(H,17,20). The number of carbonyl (C=O) groups is 1. The lowest BCUT2D eigenvalue weighted by Crippen LogP contribution is -2.36. The van der Waals surface area contributed by atoms with Gasteiger partial charge >= 0.3 is 0 Å². The molecular weight excluding hydrogens is 314 g/mol. The Morgan fingerprint density at radius 3 is 2.91 bits per heavy atom. The zero-order chi connectivity index (χ0) is 15.6. The van der Waals surface area contributed by atoms with Crippen LogP contribution in [0.2, 0.25) is 0 Å². The maximum absolute atomic E-state index is 12.1. The zero-order valence-electron chi connectivity index (χ0n) is 12.3. The second kappa shape index (κ2) is 6.02. The Balaban J connectivity index is 1.56. The molecule has 1 aliphatic rings. The summed E-state index contributed by atoms with van der Waals surface area (Å²) < 4.78 is 11.2. The third kappa shape index (κ3) is 2.93. The number of rotatable bonds is 3. The van der Waals surface area contributed by atoms with E-state index >= 15 is 0 Å². The number of carbonyl (C=O) groups excluding carboxylic acids is 1. The monoisotopic (exact) mass is 329 g/mol. The quantitative estimate of drug-likeness (QED) is 0.800. The third-order valence-corrected chi connectivity index (χ3v) is 4.53. The summed E-state index contributed by atoms with van der Waals surface area (Å²) in [7, 11) is 0. The molecule has 1 aromatic carbocycles. The molecule has 1 saturated heterocycles. The van der Waals surface area contributed by atoms with E-state index in [1.807, 2.05) is 23.6 Å². The van der Waals surface area contributed by atoms with Crippen molar-refractivity contribution in [2.45, 2.75) is 0 Å². The number of nitrogens with zero attached hydrogens (tertiary/aromatic N) is 2. The fourth-order valence-electron chi connectivity index (χ4n) is 2.48. The fourth-order valence-corrected chi connectivity index (χ4v) is 3.10. The Labute approximate surface area is 136 Å². The van der Waals surface area contributed by atoms with E-state index in [0.717, 1.165) is 18.6 Å². The predicted molar refractivity (Wildman–Crippen MR) is 89.3 cm³/mol. The van der Waals surface area contributed by atoms with E-state index in [-0.39, 0.29) is 5.91 Å². The molecule has 1 fully saturated rings. The Morgan fingerprint density at radius 1 is 1.26 bits per heavy atom. The van der Waals surface area contributed by atoms with E-state index in [2.05, 4.69) is 15.2 Å². The minimum absolute atomic E-state index is 0.118. The predicted octanol–water partition coefficient (Wildman–Crippen LogP) is 2.98. The van der Waals surface area contributed by atoms with Crippen LogP contribution in [0.4, 0.5) is 11.7 Å². The lowest BCUT2D eigenvalue weighted by molar-refractivity contribution is 0.103. The van der Waals surface area contributed by atoms with E-state index in [9.17, 15) is 4.79 Å². The van der Waals surface area contributed by atoms with E-state index in [1.165, 1.54) is 11.3 Å². The van der Waals surface area contributed by atoms with Gasteiger partial charge in [0.05, 0.1) is 18.1 Å². The Kier molecular flexibility index (Phi) is 3.72. The first kappa shape index (κ1) is 14.2. The molecule has 1 amide bonds. The van der Waals surface area contributed by atoms with E-state index in [4.69, 9.17) is 9.15 Å². The SMILES string of the molecule is O=C(Nc1ccc2nc(N3CCOCC3)oc2c1)c1cccs1. The maximum Gasteiger partial charge on any atom is 0.298 e. The van der Waals surface area contributed by atoms with Crippen LogP contribution in [0.15, 0.2) is 40.1 Å². The van der Waals surface area contributed by atoms with Gasteiger partial charge in [-0.15, -0.1) is 11.3 Å². The molecule has 0 atom stereocenters. The number of amides is 1. The van der Waals surface area contributed by atoms with Gasteiger partial charge < -0.3 is 19.4 Å². The third-order valence-electron chi connectivity index (χ3n) is 3.66. The molecule has 0 spiro atoms. The molecule has 1 N–H and O–H groups in total. The number of hydrogen-bond acceptors (Lipinski definition) is 6. The number of fused-ring (bicyclic) bond motifs is 1. The van der Waals surface area contributed by atoms with Gasteiger partial charge in [-0.05, 0) is 23.6 Å². The number of benzene rings is 1. The molecule has 7 heteroatoms. The molecule has 1 aliphatic heterocycles. The number of oxazole rings is 1. The van der Waals surface area contributed by atoms with Gasteiger partial charge in [-0.3, -0.25) is 4.79 Å². The number of morpholine rings is 1. The van der Waals surface area contributed by atoms with Gasteiger partial charge in [0.25, 0.3) is 11.9 Å². The van der Waals surface area contributed by atoms with Crippen LogP contribution in [-0.2, 0) is 4.74 Å². The summed E-state index contributed by atoms with van der Waals surface area (Å²) >= 11 is 1.41. The molecule has 3 heterocycles. The first-order valence-electron chi connectivity index (χ1n) is 7.38. The highest BCUT2D eigenvalue weighted by Crippen LogP contribution is 2.25. The van der Waals surface area contributed by atoms with Crippen molar-refractivity contribution in [3.8, 4) is 0 Å². The van der Waals surface area contributed by atoms with Gasteiger partial charge in [-0.1, -0.05) is 6.07 Å². The van der Waals surface area contributed by atoms with E-state index in [1.54, 1.807) is 12.1 Å². The molecule has 0 bridgehead atoms. The number of nitrogens with one attached hydrogen (secondary N) is 1. The highest BCUT2D eigenvalue weighted by molar-refractivity contribution is 7.12. The Morgan fingerprint density at radius 2 is 2.13 bits per heavy atom. The summed E-state index contributed by atoms with van der Waals surface area (Å²) in [6.07, 6.45) is 0. The van der Waals surface area contributed by atoms with Crippen molar-refractivity contribution >= 4 is 40.0 Å². The van der Waals surface area contributed by atoms with Crippen molar-refractivity contribution in [2.75, 3.05) is 36.5 Å². The number of thiophene rings is 1. The molecule has 4 rings (SSSR count). The number of hydrogen-bond donors (Lipinski definition) is 1. The Bertz CT molecular complexity index is 822. The number of ether oxygens (including phenoxy) is 1. The van der Waals surface area contributed by atoms with Crippen molar-refractivity contribution in [1.29, 1.82) is 0 Å². The summed E-state index contributed by atoms with van der Waals surface area (Å²) in [4.78, 5) is 19.3. The highest BCUT2D eigenvalue weighted by Gasteiger charge is 2.17. The van der Waals surface area contributed by atoms with Crippen molar-refractivity contribution < 1.29 is 13.9 Å². The highest BCUT2D eigenvalue weighted by atomic mass is 32.1. The number of anilines is 2. The van der Waals surface area contributed by atoms with Crippen LogP contribution in [-0.4, -0.2) is 37.2 Å². The molecule has 0 radical (unpaired) electrons. The summed E-state index contributed by atoms with van der Waals surface area (Å²) in [6, 6.07) is 9.74. The van der Waals surface area contributed by atoms with Crippen LogP contribution < -0.4 is 10.2 Å². The minimum Gasteiger partial charge on any atom is -0.423 e. The molecule has 2 aromatic heterocycles. The van der Waals surface area contributed by atoms with E-state index < -0.39 is 0 Å². The van der Waals surface area contributed by atoms with Gasteiger partial charge in [-0.25, -0.2) is 0 Å². The second-order valence-corrected chi connectivity index (χ2v) is 6.16. The minimum atomic E-state index is -0.118. The first-order valence-corrected chi connectivity index (χ1v) is 8.26. The van der Waals surface area contributed by atoms with Crippen molar-refractivity contribution in [3.05, 3.63) is 40.6 Å². The molecule has 0 saturated carbocycles. The lowest BCUT2D eigenvalue weighted by Gasteiger charge is -2.24. The second-order valence-electron chi connectivity index (χ2n) is 5.21. The van der Waals surface area contributed by atoms with Crippen LogP contribution in [0.1, 0.15) is 9.67 Å². The maximum atomic E-state index is 12.1. The molecule has 3 aromatic rings. The van der Waals surface area contributed by atoms with Crippen molar-refractivity contribution in [2.24, 2.45) is 0 Å². The van der Waals surface area contributed by atoms with Gasteiger partial charge in [0, 0.05) is 24.8 Å². The lowest BCUT2D eigenvalue weighted by atomic mass is 10.3. The van der Waals surface area contributed by atoms with Gasteiger partial charge in [0.1, 0.15) is 5.52 Å². The van der Waals surface area contributed by atoms with Crippen molar-refractivity contribution in [3.63, 3.8) is 0 Å². The van der Waals surface area contributed by atoms with Gasteiger partial charge in [-0.2, -0.15) is 4.98 Å². The van der Waals surface area contributed by atoms with Crippen LogP contribution in [0.25, 0.3) is 11.1 Å². The van der Waals surface area contributed by atoms with Gasteiger partial charge in [0.2, 0.25) is 0 Å². The molecule has 0 aliphatic carbocycles. The normalized spacial score (nSPS) is 15.0. The molecule has 6 nitrogen and oxygen atoms in total. The Hall–Kier alpha value is -2.38. The number of aromatic nitrogens is 1. The average molecular weight is 329 g/mol. The largest absolute Gasteiger partial charge is 0.423 e. The smallest absolute Gasteiger partial charge is 0.298 e. The van der Waals surface area contributed by atoms with Crippen LogP contribution in [0.5, 0.6) is 0 Å². The average Bonchev–Trinajstić information content (AvgIpc) is 3.25. The van der Waals surface area contributed by atoms with Crippen LogP contribution >= 0.6 is 11.3 Å². The summed E-state index contributed by atoms with van der Waals surface area (Å²) in [5, 5.41) is 4.75. The molecule has 0 unspecified atom stereocenters. The topological polar surface area (TPSA) is 67.6 Å². The molecule has 23 heavy (non-hydrogen) atoms. The summed E-state index contributed by atoms with van der Waals surface area (Å²) in [6.45, 7) is 2.91. The van der Waals surface area contributed by atoms with Crippen molar-refractivity contribution in [1.82, 2.24) is 4.98 Å². The summed E-state index contributed by atoms with van der Waals surface area (Å²) in [5.41, 5.74) is 2.14. The molecule has 118 valence electrons. The van der Waals surface area contributed by atoms with E-state index in [0.29, 0.717) is 35.4 Å².